The van der Waals surface area contributed by atoms with E-state index in [0.717, 1.165) is 5.56 Å². The maximum absolute atomic E-state index is 11.8. The standard InChI is InChI=1S/C19H18ClNO6/c1-12-9-14(20)5-8-16(12)26-11-18(23)27-10-17(22)21-15-6-3-13(4-7-15)19(24)25-2/h3-9H,10-11H2,1-2H3,(H,21,22). The Kier molecular flexibility index (Phi) is 7.19. The number of nitrogens with one attached hydrogen (secondary N) is 1. The first-order valence-corrected chi connectivity index (χ1v) is 8.29. The highest BCUT2D eigenvalue weighted by Crippen LogP contribution is 2.21. The van der Waals surface area contributed by atoms with E-state index in [4.69, 9.17) is 21.1 Å². The molecule has 0 radical (unpaired) electrons. The first kappa shape index (κ1) is 20.3. The Morgan fingerprint density at radius 3 is 2.37 bits per heavy atom. The number of carbonyl (C=O) groups excluding carboxylic acids is 3. The van der Waals surface area contributed by atoms with Crippen molar-refractivity contribution in [1.29, 1.82) is 0 Å². The molecule has 0 aromatic heterocycles. The quantitative estimate of drug-likeness (QED) is 0.729. The molecule has 0 bridgehead atoms. The van der Waals surface area contributed by atoms with Gasteiger partial charge in [-0.05, 0) is 55.0 Å². The number of methoxy groups -OCH3 is 1. The topological polar surface area (TPSA) is 90.9 Å². The second-order valence-electron chi connectivity index (χ2n) is 5.48. The van der Waals surface area contributed by atoms with Gasteiger partial charge in [0.25, 0.3) is 5.91 Å². The molecule has 142 valence electrons. The summed E-state index contributed by atoms with van der Waals surface area (Å²) in [5, 5.41) is 3.12. The third-order valence-corrected chi connectivity index (χ3v) is 3.67. The third kappa shape index (κ3) is 6.31. The van der Waals surface area contributed by atoms with Gasteiger partial charge < -0.3 is 19.5 Å². The molecule has 1 amide bonds. The summed E-state index contributed by atoms with van der Waals surface area (Å²) < 4.78 is 14.8. The molecule has 0 heterocycles. The fourth-order valence-corrected chi connectivity index (χ4v) is 2.33. The van der Waals surface area contributed by atoms with Crippen LogP contribution in [0.2, 0.25) is 5.02 Å². The Hall–Kier alpha value is -3.06. The molecule has 0 fully saturated rings. The number of aryl methyl sites for hydroxylation is 1. The van der Waals surface area contributed by atoms with Crippen LogP contribution >= 0.6 is 11.6 Å². The molecular formula is C19H18ClNO6. The Morgan fingerprint density at radius 2 is 1.74 bits per heavy atom. The van der Waals surface area contributed by atoms with Gasteiger partial charge >= 0.3 is 11.9 Å². The van der Waals surface area contributed by atoms with Crippen molar-refractivity contribution in [2.45, 2.75) is 6.92 Å². The van der Waals surface area contributed by atoms with Crippen LogP contribution in [0.4, 0.5) is 5.69 Å². The van der Waals surface area contributed by atoms with Crippen molar-refractivity contribution in [1.82, 2.24) is 0 Å². The van der Waals surface area contributed by atoms with Crippen LogP contribution in [0.25, 0.3) is 0 Å². The first-order valence-electron chi connectivity index (χ1n) is 7.92. The average molecular weight is 392 g/mol. The minimum atomic E-state index is -0.680. The van der Waals surface area contributed by atoms with Gasteiger partial charge in [-0.15, -0.1) is 0 Å². The van der Waals surface area contributed by atoms with Gasteiger partial charge in [0.1, 0.15) is 5.75 Å². The van der Waals surface area contributed by atoms with Gasteiger partial charge in [-0.2, -0.15) is 0 Å². The minimum Gasteiger partial charge on any atom is -0.482 e. The average Bonchev–Trinajstić information content (AvgIpc) is 2.65. The predicted molar refractivity (Wildman–Crippen MR) is 99.1 cm³/mol. The van der Waals surface area contributed by atoms with E-state index < -0.39 is 24.5 Å². The number of anilines is 1. The molecule has 27 heavy (non-hydrogen) atoms. The van der Waals surface area contributed by atoms with Crippen molar-refractivity contribution in [3.8, 4) is 5.75 Å². The van der Waals surface area contributed by atoms with E-state index in [1.807, 2.05) is 0 Å². The van der Waals surface area contributed by atoms with E-state index >= 15 is 0 Å². The minimum absolute atomic E-state index is 0.330. The molecule has 8 heteroatoms. The van der Waals surface area contributed by atoms with Crippen LogP contribution in [-0.4, -0.2) is 38.2 Å². The van der Waals surface area contributed by atoms with Crippen molar-refractivity contribution >= 4 is 35.1 Å². The first-order chi connectivity index (χ1) is 12.9. The van der Waals surface area contributed by atoms with Crippen LogP contribution < -0.4 is 10.1 Å². The molecule has 2 rings (SSSR count). The second-order valence-corrected chi connectivity index (χ2v) is 5.91. The van der Waals surface area contributed by atoms with E-state index in [1.165, 1.54) is 19.2 Å². The van der Waals surface area contributed by atoms with Gasteiger partial charge in [0.05, 0.1) is 12.7 Å². The number of rotatable bonds is 7. The summed E-state index contributed by atoms with van der Waals surface area (Å²) in [4.78, 5) is 34.9. The highest BCUT2D eigenvalue weighted by molar-refractivity contribution is 6.30. The van der Waals surface area contributed by atoms with E-state index in [2.05, 4.69) is 10.1 Å². The lowest BCUT2D eigenvalue weighted by atomic mass is 10.2. The fourth-order valence-electron chi connectivity index (χ4n) is 2.10. The Balaban J connectivity index is 1.76. The highest BCUT2D eigenvalue weighted by atomic mass is 35.5. The lowest BCUT2D eigenvalue weighted by Gasteiger charge is -2.10. The largest absolute Gasteiger partial charge is 0.482 e. The molecule has 0 atom stereocenters. The van der Waals surface area contributed by atoms with Gasteiger partial charge in [0.2, 0.25) is 0 Å². The van der Waals surface area contributed by atoms with Crippen molar-refractivity contribution < 1.29 is 28.6 Å². The number of amides is 1. The summed E-state index contributed by atoms with van der Waals surface area (Å²) >= 11 is 5.85. The maximum atomic E-state index is 11.8. The molecule has 0 aliphatic heterocycles. The number of halogens is 1. The van der Waals surface area contributed by atoms with Gasteiger partial charge in [-0.25, -0.2) is 9.59 Å². The van der Waals surface area contributed by atoms with E-state index in [-0.39, 0.29) is 6.61 Å². The van der Waals surface area contributed by atoms with Crippen molar-refractivity contribution in [2.75, 3.05) is 25.6 Å². The van der Waals surface area contributed by atoms with Crippen LogP contribution in [0, 0.1) is 6.92 Å². The molecule has 0 aliphatic carbocycles. The monoisotopic (exact) mass is 391 g/mol. The lowest BCUT2D eigenvalue weighted by Crippen LogP contribution is -2.23. The zero-order valence-corrected chi connectivity index (χ0v) is 15.5. The second kappa shape index (κ2) is 9.59. The van der Waals surface area contributed by atoms with E-state index in [1.54, 1.807) is 37.3 Å². The zero-order valence-electron chi connectivity index (χ0n) is 14.8. The van der Waals surface area contributed by atoms with Crippen molar-refractivity contribution in [3.05, 3.63) is 58.6 Å². The number of hydrogen-bond acceptors (Lipinski definition) is 6. The maximum Gasteiger partial charge on any atom is 0.344 e. The van der Waals surface area contributed by atoms with Gasteiger partial charge in [0, 0.05) is 10.7 Å². The Labute approximate surface area is 161 Å². The molecule has 0 saturated heterocycles. The third-order valence-electron chi connectivity index (χ3n) is 3.44. The molecular weight excluding hydrogens is 374 g/mol. The van der Waals surface area contributed by atoms with Gasteiger partial charge in [-0.1, -0.05) is 11.6 Å². The summed E-state index contributed by atoms with van der Waals surface area (Å²) in [6.07, 6.45) is 0. The molecule has 0 aliphatic rings. The van der Waals surface area contributed by atoms with Crippen LogP contribution in [0.1, 0.15) is 15.9 Å². The summed E-state index contributed by atoms with van der Waals surface area (Å²) in [5.74, 6) is -1.17. The molecule has 0 unspecified atom stereocenters. The Bertz CT molecular complexity index is 835. The number of esters is 2. The molecule has 2 aromatic rings. The molecule has 1 N–H and O–H groups in total. The smallest absolute Gasteiger partial charge is 0.344 e. The van der Waals surface area contributed by atoms with E-state index in [9.17, 15) is 14.4 Å². The van der Waals surface area contributed by atoms with Crippen molar-refractivity contribution in [3.63, 3.8) is 0 Å². The SMILES string of the molecule is COC(=O)c1ccc(NC(=O)COC(=O)COc2ccc(Cl)cc2C)cc1. The Morgan fingerprint density at radius 1 is 1.04 bits per heavy atom. The predicted octanol–water partition coefficient (Wildman–Crippen LogP) is 3.00. The summed E-state index contributed by atoms with van der Waals surface area (Å²) in [6.45, 7) is 1.01. The van der Waals surface area contributed by atoms with E-state index in [0.29, 0.717) is 22.0 Å². The highest BCUT2D eigenvalue weighted by Gasteiger charge is 2.11. The molecule has 0 saturated carbocycles. The van der Waals surface area contributed by atoms with Crippen LogP contribution in [0.3, 0.4) is 0 Å². The van der Waals surface area contributed by atoms with Crippen LogP contribution in [-0.2, 0) is 19.1 Å². The van der Waals surface area contributed by atoms with Crippen LogP contribution in [0.5, 0.6) is 5.75 Å². The fraction of sp³-hybridized carbons (Fsp3) is 0.211. The molecule has 7 nitrogen and oxygen atoms in total. The van der Waals surface area contributed by atoms with Gasteiger partial charge in [0.15, 0.2) is 13.2 Å². The van der Waals surface area contributed by atoms with Crippen molar-refractivity contribution in [2.24, 2.45) is 0 Å². The van der Waals surface area contributed by atoms with Gasteiger partial charge in [-0.3, -0.25) is 4.79 Å². The number of hydrogen-bond donors (Lipinski definition) is 1. The summed E-state index contributed by atoms with van der Waals surface area (Å²) in [5.41, 5.74) is 1.59. The summed E-state index contributed by atoms with van der Waals surface area (Å²) in [7, 11) is 1.28. The molecule has 0 spiro atoms. The summed E-state index contributed by atoms with van der Waals surface area (Å²) in [6, 6.07) is 11.1. The number of benzene rings is 2. The lowest BCUT2D eigenvalue weighted by molar-refractivity contribution is -0.149. The number of ether oxygens (including phenoxy) is 3. The van der Waals surface area contributed by atoms with Crippen LogP contribution in [0.15, 0.2) is 42.5 Å². The number of carbonyl (C=O) groups is 3. The zero-order chi connectivity index (χ0) is 19.8. The molecule has 2 aromatic carbocycles. The normalized spacial score (nSPS) is 10.0.